The molecule has 1 aliphatic rings. The van der Waals surface area contributed by atoms with Crippen molar-refractivity contribution >= 4 is 5.91 Å². The third-order valence-corrected chi connectivity index (χ3v) is 4.19. The van der Waals surface area contributed by atoms with Gasteiger partial charge in [-0.15, -0.1) is 0 Å². The second kappa shape index (κ2) is 6.08. The zero-order valence-corrected chi connectivity index (χ0v) is 13.3. The van der Waals surface area contributed by atoms with Gasteiger partial charge in [-0.05, 0) is 31.5 Å². The Bertz CT molecular complexity index is 731. The monoisotopic (exact) mass is 318 g/mol. The summed E-state index contributed by atoms with van der Waals surface area (Å²) in [5.74, 6) is 0.622. The van der Waals surface area contributed by atoms with Gasteiger partial charge in [0.25, 0.3) is 5.91 Å². The maximum Gasteiger partial charge on any atom is 0.254 e. The van der Waals surface area contributed by atoms with Gasteiger partial charge in [-0.25, -0.2) is 9.37 Å². The lowest BCUT2D eigenvalue weighted by Crippen LogP contribution is -2.32. The number of amides is 1. The Morgan fingerprint density at radius 2 is 2.22 bits per heavy atom. The number of aromatic nitrogens is 3. The van der Waals surface area contributed by atoms with E-state index in [9.17, 15) is 9.18 Å². The molecule has 6 nitrogen and oxygen atoms in total. The van der Waals surface area contributed by atoms with Crippen LogP contribution in [-0.2, 0) is 4.74 Å². The SMILES string of the molecule is CO[C@H]1C[C@@H](c2n[nH]c(C)n2)N(C(=O)c2ccc(C)c(F)c2)C1. The van der Waals surface area contributed by atoms with E-state index in [-0.39, 0.29) is 23.9 Å². The highest BCUT2D eigenvalue weighted by molar-refractivity contribution is 5.94. The van der Waals surface area contributed by atoms with Gasteiger partial charge in [0.2, 0.25) is 0 Å². The number of nitrogens with zero attached hydrogens (tertiary/aromatic N) is 3. The molecule has 23 heavy (non-hydrogen) atoms. The summed E-state index contributed by atoms with van der Waals surface area (Å²) in [6.07, 6.45) is 0.534. The molecule has 1 fully saturated rings. The van der Waals surface area contributed by atoms with E-state index in [4.69, 9.17) is 4.74 Å². The second-order valence-corrected chi connectivity index (χ2v) is 5.81. The third-order valence-electron chi connectivity index (χ3n) is 4.19. The molecular weight excluding hydrogens is 299 g/mol. The summed E-state index contributed by atoms with van der Waals surface area (Å²) in [4.78, 5) is 18.8. The Morgan fingerprint density at radius 3 is 2.83 bits per heavy atom. The van der Waals surface area contributed by atoms with Crippen LogP contribution in [0, 0.1) is 19.7 Å². The Kier molecular flexibility index (Phi) is 4.12. The van der Waals surface area contributed by atoms with E-state index in [0.717, 1.165) is 0 Å². The summed E-state index contributed by atoms with van der Waals surface area (Å²) < 4.78 is 19.2. The van der Waals surface area contributed by atoms with Crippen molar-refractivity contribution in [3.05, 3.63) is 46.8 Å². The van der Waals surface area contributed by atoms with Gasteiger partial charge in [0.05, 0.1) is 12.1 Å². The summed E-state index contributed by atoms with van der Waals surface area (Å²) >= 11 is 0. The van der Waals surface area contributed by atoms with Crippen molar-refractivity contribution < 1.29 is 13.9 Å². The number of H-pyrrole nitrogens is 1. The summed E-state index contributed by atoms with van der Waals surface area (Å²) in [5.41, 5.74) is 0.834. The minimum absolute atomic E-state index is 0.0851. The lowest BCUT2D eigenvalue weighted by atomic mass is 10.1. The lowest BCUT2D eigenvalue weighted by molar-refractivity contribution is 0.0684. The molecule has 0 aliphatic carbocycles. The van der Waals surface area contributed by atoms with Crippen molar-refractivity contribution in [3.63, 3.8) is 0 Å². The molecule has 7 heteroatoms. The number of rotatable bonds is 3. The quantitative estimate of drug-likeness (QED) is 0.941. The van der Waals surface area contributed by atoms with Crippen LogP contribution in [0.4, 0.5) is 4.39 Å². The minimum Gasteiger partial charge on any atom is -0.380 e. The number of halogens is 1. The van der Waals surface area contributed by atoms with Crippen molar-refractivity contribution in [1.29, 1.82) is 0 Å². The second-order valence-electron chi connectivity index (χ2n) is 5.81. The van der Waals surface area contributed by atoms with Gasteiger partial charge in [0.1, 0.15) is 11.6 Å². The molecule has 0 radical (unpaired) electrons. The van der Waals surface area contributed by atoms with E-state index in [1.807, 2.05) is 0 Å². The van der Waals surface area contributed by atoms with E-state index in [1.165, 1.54) is 6.07 Å². The smallest absolute Gasteiger partial charge is 0.254 e. The first-order valence-corrected chi connectivity index (χ1v) is 7.48. The fraction of sp³-hybridized carbons (Fsp3) is 0.438. The molecule has 1 aromatic heterocycles. The molecule has 2 heterocycles. The van der Waals surface area contributed by atoms with E-state index in [0.29, 0.717) is 35.7 Å². The molecule has 0 unspecified atom stereocenters. The van der Waals surface area contributed by atoms with Gasteiger partial charge in [0, 0.05) is 25.6 Å². The van der Waals surface area contributed by atoms with Crippen molar-refractivity contribution in [3.8, 4) is 0 Å². The number of hydrogen-bond donors (Lipinski definition) is 1. The standard InChI is InChI=1S/C16H19FN4O2/c1-9-4-5-11(6-13(9)17)16(22)21-8-12(23-3)7-14(21)15-18-10(2)19-20-15/h4-6,12,14H,7-8H2,1-3H3,(H,18,19,20)/t12-,14-/m0/s1. The lowest BCUT2D eigenvalue weighted by Gasteiger charge is -2.22. The van der Waals surface area contributed by atoms with Gasteiger partial charge < -0.3 is 9.64 Å². The summed E-state index contributed by atoms with van der Waals surface area (Å²) in [7, 11) is 1.62. The molecule has 1 amide bonds. The number of nitrogens with one attached hydrogen (secondary N) is 1. The molecule has 0 saturated carbocycles. The number of likely N-dealkylation sites (tertiary alicyclic amines) is 1. The molecule has 1 N–H and O–H groups in total. The largest absolute Gasteiger partial charge is 0.380 e. The highest BCUT2D eigenvalue weighted by Crippen LogP contribution is 2.32. The van der Waals surface area contributed by atoms with E-state index in [2.05, 4.69) is 15.2 Å². The van der Waals surface area contributed by atoms with Gasteiger partial charge >= 0.3 is 0 Å². The predicted molar refractivity (Wildman–Crippen MR) is 81.4 cm³/mol. The molecule has 0 bridgehead atoms. The number of methoxy groups -OCH3 is 1. The summed E-state index contributed by atoms with van der Waals surface area (Å²) in [5, 5.41) is 6.96. The van der Waals surface area contributed by atoms with Crippen LogP contribution in [-0.4, -0.2) is 45.7 Å². The molecule has 2 atom stereocenters. The molecule has 0 spiro atoms. The van der Waals surface area contributed by atoms with Crippen molar-refractivity contribution in [2.75, 3.05) is 13.7 Å². The highest BCUT2D eigenvalue weighted by Gasteiger charge is 2.39. The molecular formula is C16H19FN4O2. The molecule has 3 rings (SSSR count). The average Bonchev–Trinajstić information content (AvgIpc) is 3.15. The fourth-order valence-electron chi connectivity index (χ4n) is 2.84. The van der Waals surface area contributed by atoms with Gasteiger partial charge in [-0.2, -0.15) is 5.10 Å². The first-order valence-electron chi connectivity index (χ1n) is 7.48. The first kappa shape index (κ1) is 15.6. The van der Waals surface area contributed by atoms with Crippen molar-refractivity contribution in [1.82, 2.24) is 20.1 Å². The first-order chi connectivity index (χ1) is 11.0. The Morgan fingerprint density at radius 1 is 1.43 bits per heavy atom. The van der Waals surface area contributed by atoms with Crippen LogP contribution in [0.3, 0.4) is 0 Å². The fourth-order valence-corrected chi connectivity index (χ4v) is 2.84. The number of ether oxygens (including phenoxy) is 1. The van der Waals surface area contributed by atoms with Crippen molar-refractivity contribution in [2.24, 2.45) is 0 Å². The highest BCUT2D eigenvalue weighted by atomic mass is 19.1. The molecule has 2 aromatic rings. The predicted octanol–water partition coefficient (Wildman–Crippen LogP) is 2.16. The Hall–Kier alpha value is -2.28. The maximum atomic E-state index is 13.8. The van der Waals surface area contributed by atoms with Crippen LogP contribution in [0.1, 0.15) is 40.0 Å². The number of benzene rings is 1. The Labute approximate surface area is 133 Å². The molecule has 122 valence electrons. The van der Waals surface area contributed by atoms with Gasteiger partial charge in [-0.3, -0.25) is 9.89 Å². The summed E-state index contributed by atoms with van der Waals surface area (Å²) in [6.45, 7) is 3.91. The van der Waals surface area contributed by atoms with Crippen LogP contribution >= 0.6 is 0 Å². The molecule has 1 aromatic carbocycles. The van der Waals surface area contributed by atoms with E-state index >= 15 is 0 Å². The van der Waals surface area contributed by atoms with E-state index < -0.39 is 0 Å². The van der Waals surface area contributed by atoms with Crippen molar-refractivity contribution in [2.45, 2.75) is 32.4 Å². The normalized spacial score (nSPS) is 21.0. The topological polar surface area (TPSA) is 71.1 Å². The number of aromatic amines is 1. The number of carbonyl (C=O) groups excluding carboxylic acids is 1. The number of carbonyl (C=O) groups is 1. The zero-order valence-electron chi connectivity index (χ0n) is 13.3. The zero-order chi connectivity index (χ0) is 16.6. The van der Waals surface area contributed by atoms with Gasteiger partial charge in [0.15, 0.2) is 5.82 Å². The number of hydrogen-bond acceptors (Lipinski definition) is 4. The average molecular weight is 318 g/mol. The number of aryl methyl sites for hydroxylation is 2. The summed E-state index contributed by atoms with van der Waals surface area (Å²) in [6, 6.07) is 4.25. The van der Waals surface area contributed by atoms with Crippen LogP contribution in [0.2, 0.25) is 0 Å². The maximum absolute atomic E-state index is 13.8. The van der Waals surface area contributed by atoms with E-state index in [1.54, 1.807) is 38.0 Å². The molecule has 1 saturated heterocycles. The molecule has 1 aliphatic heterocycles. The van der Waals surface area contributed by atoms with Crippen LogP contribution in [0.15, 0.2) is 18.2 Å². The van der Waals surface area contributed by atoms with Gasteiger partial charge in [-0.1, -0.05) is 6.07 Å². The third kappa shape index (κ3) is 2.96. The van der Waals surface area contributed by atoms with Crippen LogP contribution < -0.4 is 0 Å². The van der Waals surface area contributed by atoms with Crippen LogP contribution in [0.25, 0.3) is 0 Å². The Balaban J connectivity index is 1.91. The van der Waals surface area contributed by atoms with Crippen LogP contribution in [0.5, 0.6) is 0 Å². The minimum atomic E-state index is -0.386.